The van der Waals surface area contributed by atoms with Gasteiger partial charge in [0.2, 0.25) is 0 Å². The number of unbranched alkanes of at least 4 members (excludes halogenated alkanes) is 2. The van der Waals surface area contributed by atoms with Gasteiger partial charge in [0.1, 0.15) is 0 Å². The van der Waals surface area contributed by atoms with Crippen LogP contribution in [-0.4, -0.2) is 24.5 Å². The zero-order valence-corrected chi connectivity index (χ0v) is 13.9. The summed E-state index contributed by atoms with van der Waals surface area (Å²) in [5.74, 6) is 1.26. The van der Waals surface area contributed by atoms with Crippen molar-refractivity contribution < 1.29 is 4.79 Å². The van der Waals surface area contributed by atoms with Crippen LogP contribution in [0.4, 0.5) is 0 Å². The van der Waals surface area contributed by atoms with Crippen LogP contribution in [0.15, 0.2) is 18.2 Å². The summed E-state index contributed by atoms with van der Waals surface area (Å²) in [4.78, 5) is 12.0. The first-order chi connectivity index (χ1) is 8.66. The lowest BCUT2D eigenvalue weighted by atomic mass is 10.1. The lowest BCUT2D eigenvalue weighted by molar-refractivity contribution is 0.0952. The van der Waals surface area contributed by atoms with E-state index in [1.807, 2.05) is 36.9 Å². The van der Waals surface area contributed by atoms with Gasteiger partial charge < -0.3 is 5.32 Å². The monoisotopic (exact) mass is 377 g/mol. The number of hydrogen-bond acceptors (Lipinski definition) is 2. The van der Waals surface area contributed by atoms with Gasteiger partial charge in [-0.05, 0) is 66.0 Å². The number of halogens is 1. The highest BCUT2D eigenvalue weighted by Gasteiger charge is 2.09. The minimum atomic E-state index is 0.0490. The highest BCUT2D eigenvalue weighted by atomic mass is 127. The van der Waals surface area contributed by atoms with E-state index < -0.39 is 0 Å². The van der Waals surface area contributed by atoms with Gasteiger partial charge in [-0.25, -0.2) is 0 Å². The van der Waals surface area contributed by atoms with Crippen LogP contribution in [0.2, 0.25) is 0 Å². The van der Waals surface area contributed by atoms with E-state index in [2.05, 4.69) is 34.2 Å². The maximum atomic E-state index is 12.0. The normalized spacial score (nSPS) is 10.4. The Bertz CT molecular complexity index is 395. The molecule has 18 heavy (non-hydrogen) atoms. The number of nitrogens with one attached hydrogen (secondary N) is 1. The molecule has 1 N–H and O–H groups in total. The van der Waals surface area contributed by atoms with Gasteiger partial charge in [-0.15, -0.1) is 0 Å². The summed E-state index contributed by atoms with van der Waals surface area (Å²) in [6.07, 6.45) is 5.61. The van der Waals surface area contributed by atoms with E-state index in [1.54, 1.807) is 0 Å². The summed E-state index contributed by atoms with van der Waals surface area (Å²) in [6.45, 7) is 2.80. The topological polar surface area (TPSA) is 29.1 Å². The Kier molecular flexibility index (Phi) is 7.74. The Balaban J connectivity index is 2.35. The minimum absolute atomic E-state index is 0.0490. The largest absolute Gasteiger partial charge is 0.352 e. The van der Waals surface area contributed by atoms with Crippen LogP contribution in [-0.2, 0) is 0 Å². The van der Waals surface area contributed by atoms with E-state index in [0.29, 0.717) is 0 Å². The Labute approximate surface area is 127 Å². The van der Waals surface area contributed by atoms with Crippen LogP contribution in [0.1, 0.15) is 35.2 Å². The van der Waals surface area contributed by atoms with Crippen molar-refractivity contribution in [3.63, 3.8) is 0 Å². The standard InChI is InChI=1S/C14H20INOS/c1-11-7-6-8-12(13(11)15)14(17)16-9-4-3-5-10-18-2/h6-8H,3-5,9-10H2,1-2H3,(H,16,17). The molecule has 100 valence electrons. The molecule has 0 saturated heterocycles. The fourth-order valence-electron chi connectivity index (χ4n) is 1.67. The van der Waals surface area contributed by atoms with Crippen LogP contribution in [0.3, 0.4) is 0 Å². The molecule has 2 nitrogen and oxygen atoms in total. The van der Waals surface area contributed by atoms with E-state index in [1.165, 1.54) is 18.6 Å². The molecule has 0 radical (unpaired) electrons. The zero-order valence-electron chi connectivity index (χ0n) is 11.0. The Morgan fingerprint density at radius 2 is 2.11 bits per heavy atom. The molecule has 0 heterocycles. The Hall–Kier alpha value is -0.230. The SMILES string of the molecule is CSCCCCCNC(=O)c1cccc(C)c1I. The van der Waals surface area contributed by atoms with Gasteiger partial charge in [-0.1, -0.05) is 18.6 Å². The van der Waals surface area contributed by atoms with Crippen molar-refractivity contribution in [3.8, 4) is 0 Å². The maximum Gasteiger partial charge on any atom is 0.252 e. The van der Waals surface area contributed by atoms with Gasteiger partial charge in [0.05, 0.1) is 5.56 Å². The van der Waals surface area contributed by atoms with E-state index in [9.17, 15) is 4.79 Å². The van der Waals surface area contributed by atoms with Gasteiger partial charge in [-0.3, -0.25) is 4.79 Å². The number of amides is 1. The van der Waals surface area contributed by atoms with Crippen molar-refractivity contribution in [2.75, 3.05) is 18.6 Å². The van der Waals surface area contributed by atoms with Crippen LogP contribution in [0.25, 0.3) is 0 Å². The summed E-state index contributed by atoms with van der Waals surface area (Å²) < 4.78 is 1.05. The maximum absolute atomic E-state index is 12.0. The van der Waals surface area contributed by atoms with E-state index in [0.717, 1.165) is 27.7 Å². The highest BCUT2D eigenvalue weighted by molar-refractivity contribution is 14.1. The lowest BCUT2D eigenvalue weighted by Crippen LogP contribution is -2.25. The molecule has 0 aliphatic heterocycles. The molecular weight excluding hydrogens is 357 g/mol. The fourth-order valence-corrected chi connectivity index (χ4v) is 2.77. The predicted octanol–water partition coefficient (Wildman–Crippen LogP) is 3.86. The van der Waals surface area contributed by atoms with Gasteiger partial charge in [0, 0.05) is 10.1 Å². The average molecular weight is 377 g/mol. The molecule has 0 atom stereocenters. The van der Waals surface area contributed by atoms with Crippen molar-refractivity contribution >= 4 is 40.3 Å². The number of hydrogen-bond donors (Lipinski definition) is 1. The Morgan fingerprint density at radius 1 is 1.33 bits per heavy atom. The second-order valence-electron chi connectivity index (χ2n) is 4.25. The highest BCUT2D eigenvalue weighted by Crippen LogP contribution is 2.16. The number of rotatable bonds is 7. The molecule has 1 rings (SSSR count). The average Bonchev–Trinajstić information content (AvgIpc) is 2.36. The number of carbonyl (C=O) groups excluding carboxylic acids is 1. The molecule has 0 aliphatic rings. The van der Waals surface area contributed by atoms with E-state index >= 15 is 0 Å². The number of thioether (sulfide) groups is 1. The molecule has 0 aromatic heterocycles. The Morgan fingerprint density at radius 3 is 2.83 bits per heavy atom. The molecule has 0 aliphatic carbocycles. The van der Waals surface area contributed by atoms with Crippen molar-refractivity contribution in [2.24, 2.45) is 0 Å². The first-order valence-corrected chi connectivity index (χ1v) is 8.66. The van der Waals surface area contributed by atoms with E-state index in [-0.39, 0.29) is 5.91 Å². The van der Waals surface area contributed by atoms with E-state index in [4.69, 9.17) is 0 Å². The quantitative estimate of drug-likeness (QED) is 0.578. The predicted molar refractivity (Wildman–Crippen MR) is 88.5 cm³/mol. The number of benzene rings is 1. The lowest BCUT2D eigenvalue weighted by Gasteiger charge is -2.08. The molecule has 0 saturated carbocycles. The first-order valence-electron chi connectivity index (χ1n) is 6.19. The molecule has 0 unspecified atom stereocenters. The van der Waals surface area contributed by atoms with Crippen molar-refractivity contribution in [1.82, 2.24) is 5.32 Å². The third-order valence-electron chi connectivity index (χ3n) is 2.75. The van der Waals surface area contributed by atoms with Crippen LogP contribution < -0.4 is 5.32 Å². The zero-order chi connectivity index (χ0) is 13.4. The molecule has 1 aromatic carbocycles. The van der Waals surface area contributed by atoms with Crippen LogP contribution in [0, 0.1) is 10.5 Å². The summed E-state index contributed by atoms with van der Waals surface area (Å²) in [7, 11) is 0. The fraction of sp³-hybridized carbons (Fsp3) is 0.500. The van der Waals surface area contributed by atoms with Gasteiger partial charge in [-0.2, -0.15) is 11.8 Å². The van der Waals surface area contributed by atoms with Gasteiger partial charge in [0.15, 0.2) is 0 Å². The summed E-state index contributed by atoms with van der Waals surface area (Å²) >= 11 is 4.11. The summed E-state index contributed by atoms with van der Waals surface area (Å²) in [5.41, 5.74) is 1.95. The van der Waals surface area contributed by atoms with Crippen molar-refractivity contribution in [3.05, 3.63) is 32.9 Å². The molecule has 4 heteroatoms. The second-order valence-corrected chi connectivity index (χ2v) is 6.31. The van der Waals surface area contributed by atoms with Gasteiger partial charge >= 0.3 is 0 Å². The third-order valence-corrected chi connectivity index (χ3v) is 4.88. The van der Waals surface area contributed by atoms with Crippen molar-refractivity contribution in [2.45, 2.75) is 26.2 Å². The summed E-state index contributed by atoms with van der Waals surface area (Å²) in [6, 6.07) is 5.85. The van der Waals surface area contributed by atoms with Crippen LogP contribution >= 0.6 is 34.4 Å². The molecule has 0 bridgehead atoms. The smallest absolute Gasteiger partial charge is 0.252 e. The van der Waals surface area contributed by atoms with Crippen molar-refractivity contribution in [1.29, 1.82) is 0 Å². The molecular formula is C14H20INOS. The molecule has 1 amide bonds. The number of aryl methyl sites for hydroxylation is 1. The molecule has 0 fully saturated rings. The summed E-state index contributed by atoms with van der Waals surface area (Å²) in [5, 5.41) is 2.99. The molecule has 1 aromatic rings. The molecule has 0 spiro atoms. The minimum Gasteiger partial charge on any atom is -0.352 e. The van der Waals surface area contributed by atoms with Crippen LogP contribution in [0.5, 0.6) is 0 Å². The van der Waals surface area contributed by atoms with Gasteiger partial charge in [0.25, 0.3) is 5.91 Å². The second kappa shape index (κ2) is 8.80. The third kappa shape index (κ3) is 5.18. The number of carbonyl (C=O) groups is 1. The first kappa shape index (κ1) is 15.8.